The number of fused-ring (bicyclic) bond motifs is 1. The molecule has 0 aromatic carbocycles. The van der Waals surface area contributed by atoms with Gasteiger partial charge in [0.25, 0.3) is 0 Å². The summed E-state index contributed by atoms with van der Waals surface area (Å²) in [5.41, 5.74) is 1.17. The van der Waals surface area contributed by atoms with Crippen LogP contribution in [0, 0.1) is 0 Å². The van der Waals surface area contributed by atoms with E-state index in [1.807, 2.05) is 0 Å². The van der Waals surface area contributed by atoms with Crippen LogP contribution >= 0.6 is 0 Å². The van der Waals surface area contributed by atoms with E-state index in [4.69, 9.17) is 0 Å². The molecule has 3 heteroatoms. The Morgan fingerprint density at radius 1 is 1.40 bits per heavy atom. The lowest BCUT2D eigenvalue weighted by molar-refractivity contribution is 0.539. The van der Waals surface area contributed by atoms with Gasteiger partial charge in [-0.1, -0.05) is 6.42 Å². The Labute approximate surface area is 60.9 Å². The third kappa shape index (κ3) is 0.732. The molecular formula is C7H10O2S. The van der Waals surface area contributed by atoms with E-state index >= 15 is 0 Å². The molecule has 2 nitrogen and oxygen atoms in total. The van der Waals surface area contributed by atoms with E-state index in [-0.39, 0.29) is 5.25 Å². The van der Waals surface area contributed by atoms with Gasteiger partial charge in [-0.2, -0.15) is 0 Å². The molecule has 0 spiro atoms. The van der Waals surface area contributed by atoms with Crippen LogP contribution < -0.4 is 0 Å². The molecule has 2 aliphatic rings. The molecule has 0 aromatic heterocycles. The van der Waals surface area contributed by atoms with Crippen LogP contribution in [0.15, 0.2) is 11.0 Å². The van der Waals surface area contributed by atoms with Gasteiger partial charge in [0.1, 0.15) is 0 Å². The topological polar surface area (TPSA) is 34.1 Å². The molecule has 0 aromatic rings. The first-order valence-corrected chi connectivity index (χ1v) is 5.25. The third-order valence-corrected chi connectivity index (χ3v) is 4.27. The van der Waals surface area contributed by atoms with E-state index in [2.05, 4.69) is 0 Å². The fraction of sp³-hybridized carbons (Fsp3) is 0.714. The van der Waals surface area contributed by atoms with Gasteiger partial charge in [0.05, 0.1) is 5.25 Å². The summed E-state index contributed by atoms with van der Waals surface area (Å²) in [6.45, 7) is 0. The van der Waals surface area contributed by atoms with E-state index in [1.165, 1.54) is 17.4 Å². The minimum atomic E-state index is -2.74. The van der Waals surface area contributed by atoms with E-state index in [0.29, 0.717) is 0 Å². The van der Waals surface area contributed by atoms with E-state index in [1.54, 1.807) is 0 Å². The average molecular weight is 158 g/mol. The molecule has 56 valence electrons. The highest BCUT2D eigenvalue weighted by Gasteiger charge is 2.37. The predicted molar refractivity (Wildman–Crippen MR) is 39.3 cm³/mol. The van der Waals surface area contributed by atoms with Crippen LogP contribution in [0.1, 0.15) is 25.7 Å². The average Bonchev–Trinajstić information content (AvgIpc) is 1.86. The zero-order valence-corrected chi connectivity index (χ0v) is 6.52. The smallest absolute Gasteiger partial charge is 0.178 e. The summed E-state index contributed by atoms with van der Waals surface area (Å²) in [4.78, 5) is 0. The van der Waals surface area contributed by atoms with Crippen molar-refractivity contribution in [3.05, 3.63) is 11.0 Å². The summed E-state index contributed by atoms with van der Waals surface area (Å²) in [5.74, 6) is 0. The van der Waals surface area contributed by atoms with Crippen LogP contribution in [0.25, 0.3) is 0 Å². The second kappa shape index (κ2) is 1.84. The Morgan fingerprint density at radius 2 is 2.20 bits per heavy atom. The standard InChI is InChI=1S/C7H10O2S/c8-10(9)5-6-3-1-2-4-7(6)10/h5,7H,1-4H2. The molecule has 1 unspecified atom stereocenters. The van der Waals surface area contributed by atoms with Gasteiger partial charge in [-0.05, 0) is 24.8 Å². The SMILES string of the molecule is O=S1(=O)C=C2CCCCC21. The van der Waals surface area contributed by atoms with Crippen molar-refractivity contribution in [2.45, 2.75) is 30.9 Å². The molecule has 0 bridgehead atoms. The van der Waals surface area contributed by atoms with Gasteiger partial charge in [0.2, 0.25) is 0 Å². The van der Waals surface area contributed by atoms with Crippen LogP contribution in [-0.2, 0) is 9.84 Å². The van der Waals surface area contributed by atoms with Crippen LogP contribution in [0.3, 0.4) is 0 Å². The Kier molecular flexibility index (Phi) is 1.18. The fourth-order valence-corrected chi connectivity index (χ4v) is 3.48. The number of hydrogen-bond acceptors (Lipinski definition) is 2. The summed E-state index contributed by atoms with van der Waals surface area (Å²) < 4.78 is 22.0. The highest BCUT2D eigenvalue weighted by Crippen LogP contribution is 2.37. The number of rotatable bonds is 0. The maximum absolute atomic E-state index is 11.0. The molecule has 0 N–H and O–H groups in total. The summed E-state index contributed by atoms with van der Waals surface area (Å²) >= 11 is 0. The first-order chi connectivity index (χ1) is 4.70. The van der Waals surface area contributed by atoms with Crippen molar-refractivity contribution < 1.29 is 8.42 Å². The minimum absolute atomic E-state index is 0.0683. The molecular weight excluding hydrogens is 148 g/mol. The molecule has 1 fully saturated rings. The van der Waals surface area contributed by atoms with Crippen LogP contribution in [0.5, 0.6) is 0 Å². The lowest BCUT2D eigenvalue weighted by atomic mass is 9.95. The predicted octanol–water partition coefficient (Wildman–Crippen LogP) is 1.24. The first kappa shape index (κ1) is 6.40. The second-order valence-corrected chi connectivity index (χ2v) is 5.00. The minimum Gasteiger partial charge on any atom is -0.224 e. The first-order valence-electron chi connectivity index (χ1n) is 3.64. The van der Waals surface area contributed by atoms with Crippen molar-refractivity contribution in [2.24, 2.45) is 0 Å². The second-order valence-electron chi connectivity index (χ2n) is 3.02. The third-order valence-electron chi connectivity index (χ3n) is 2.31. The zero-order chi connectivity index (χ0) is 7.19. The summed E-state index contributed by atoms with van der Waals surface area (Å²) in [6, 6.07) is 0. The molecule has 1 heterocycles. The Morgan fingerprint density at radius 3 is 2.70 bits per heavy atom. The highest BCUT2D eigenvalue weighted by molar-refractivity contribution is 7.96. The van der Waals surface area contributed by atoms with Gasteiger partial charge < -0.3 is 0 Å². The van der Waals surface area contributed by atoms with Gasteiger partial charge in [-0.15, -0.1) is 0 Å². The van der Waals surface area contributed by atoms with Gasteiger partial charge in [0, 0.05) is 5.41 Å². The Bertz CT molecular complexity index is 274. The van der Waals surface area contributed by atoms with E-state index in [9.17, 15) is 8.42 Å². The van der Waals surface area contributed by atoms with Gasteiger partial charge >= 0.3 is 0 Å². The van der Waals surface area contributed by atoms with Gasteiger partial charge in [-0.3, -0.25) is 0 Å². The number of sulfone groups is 1. The van der Waals surface area contributed by atoms with Crippen LogP contribution in [0.2, 0.25) is 0 Å². The molecule has 0 saturated heterocycles. The molecule has 1 saturated carbocycles. The maximum Gasteiger partial charge on any atom is 0.178 e. The van der Waals surface area contributed by atoms with E-state index < -0.39 is 9.84 Å². The van der Waals surface area contributed by atoms with Crippen LogP contribution in [-0.4, -0.2) is 13.7 Å². The largest absolute Gasteiger partial charge is 0.224 e. The highest BCUT2D eigenvalue weighted by atomic mass is 32.2. The van der Waals surface area contributed by atoms with Crippen molar-refractivity contribution in [3.63, 3.8) is 0 Å². The zero-order valence-electron chi connectivity index (χ0n) is 5.71. The van der Waals surface area contributed by atoms with Crippen molar-refractivity contribution in [3.8, 4) is 0 Å². The quantitative estimate of drug-likeness (QED) is 0.531. The Balaban J connectivity index is 2.34. The molecule has 1 aliphatic carbocycles. The van der Waals surface area contributed by atoms with Crippen molar-refractivity contribution in [1.82, 2.24) is 0 Å². The van der Waals surface area contributed by atoms with Crippen molar-refractivity contribution in [1.29, 1.82) is 0 Å². The lowest BCUT2D eigenvalue weighted by Gasteiger charge is -2.30. The molecule has 1 aliphatic heterocycles. The van der Waals surface area contributed by atoms with Crippen molar-refractivity contribution >= 4 is 9.84 Å². The van der Waals surface area contributed by atoms with E-state index in [0.717, 1.165) is 19.3 Å². The molecule has 1 atom stereocenters. The lowest BCUT2D eigenvalue weighted by Crippen LogP contribution is -2.33. The van der Waals surface area contributed by atoms with Gasteiger partial charge in [-0.25, -0.2) is 8.42 Å². The molecule has 2 rings (SSSR count). The van der Waals surface area contributed by atoms with Crippen LogP contribution in [0.4, 0.5) is 0 Å². The van der Waals surface area contributed by atoms with Crippen molar-refractivity contribution in [2.75, 3.05) is 0 Å². The summed E-state index contributed by atoms with van der Waals surface area (Å²) in [7, 11) is -2.74. The molecule has 0 amide bonds. The van der Waals surface area contributed by atoms with Gasteiger partial charge in [0.15, 0.2) is 9.84 Å². The summed E-state index contributed by atoms with van der Waals surface area (Å²) in [5, 5.41) is 1.39. The molecule has 10 heavy (non-hydrogen) atoms. The fourth-order valence-electron chi connectivity index (χ4n) is 1.74. The Hall–Kier alpha value is -0.310. The normalized spacial score (nSPS) is 35.6. The maximum atomic E-state index is 11.0. The summed E-state index contributed by atoms with van der Waals surface area (Å²) in [6.07, 6.45) is 4.15. The number of hydrogen-bond donors (Lipinski definition) is 0. The molecule has 0 radical (unpaired) electrons. The monoisotopic (exact) mass is 158 g/mol.